The molecule has 10 heteroatoms. The molecule has 0 aliphatic heterocycles. The lowest BCUT2D eigenvalue weighted by Crippen LogP contribution is -2.47. The zero-order valence-electron chi connectivity index (χ0n) is 10.3. The largest absolute Gasteiger partial charge is 0.462 e. The van der Waals surface area contributed by atoms with Crippen LogP contribution in [-0.4, -0.2) is 36.7 Å². The van der Waals surface area contributed by atoms with Gasteiger partial charge in [-0.25, -0.2) is 4.79 Å². The van der Waals surface area contributed by atoms with Crippen molar-refractivity contribution in [2.24, 2.45) is 0 Å². The van der Waals surface area contributed by atoms with Crippen LogP contribution < -0.4 is 0 Å². The van der Waals surface area contributed by atoms with E-state index < -0.39 is 40.3 Å². The number of hydrogen-bond acceptors (Lipinski definition) is 4. The van der Waals surface area contributed by atoms with Gasteiger partial charge in [-0.2, -0.15) is 26.0 Å². The zero-order valence-corrected chi connectivity index (χ0v) is 11.1. The fourth-order valence-electron chi connectivity index (χ4n) is 1.26. The van der Waals surface area contributed by atoms with Crippen molar-refractivity contribution in [2.75, 3.05) is 6.61 Å². The molecule has 0 unspecified atom stereocenters. The van der Waals surface area contributed by atoms with Gasteiger partial charge in [0.2, 0.25) is 0 Å². The van der Waals surface area contributed by atoms with Crippen molar-refractivity contribution in [3.05, 3.63) is 35.9 Å². The lowest BCUT2D eigenvalue weighted by atomic mass is 10.2. The molecular formula is C11H10F4O5S. The van der Waals surface area contributed by atoms with Crippen LogP contribution in [0, 0.1) is 0 Å². The van der Waals surface area contributed by atoms with Crippen LogP contribution in [0.3, 0.4) is 0 Å². The summed E-state index contributed by atoms with van der Waals surface area (Å²) in [5, 5.41) is -5.67. The Morgan fingerprint density at radius 2 is 1.67 bits per heavy atom. The predicted octanol–water partition coefficient (Wildman–Crippen LogP) is 2.35. The van der Waals surface area contributed by atoms with Gasteiger partial charge in [0.15, 0.2) is 0 Å². The Hall–Kier alpha value is -1.68. The van der Waals surface area contributed by atoms with E-state index in [2.05, 4.69) is 4.74 Å². The maximum atomic E-state index is 13.1. The van der Waals surface area contributed by atoms with E-state index in [9.17, 15) is 30.8 Å². The van der Waals surface area contributed by atoms with Crippen LogP contribution >= 0.6 is 0 Å². The SMILES string of the molecule is O=C(OCCC(F)(F)C(F)(F)S(=O)(=O)O)c1ccccc1. The molecule has 0 heterocycles. The molecule has 0 bridgehead atoms. The van der Waals surface area contributed by atoms with E-state index >= 15 is 0 Å². The Balaban J connectivity index is 2.65. The van der Waals surface area contributed by atoms with Crippen molar-refractivity contribution >= 4 is 16.1 Å². The highest BCUT2D eigenvalue weighted by Crippen LogP contribution is 2.40. The van der Waals surface area contributed by atoms with Gasteiger partial charge in [0.25, 0.3) is 0 Å². The van der Waals surface area contributed by atoms with E-state index in [1.165, 1.54) is 24.3 Å². The second-order valence-corrected chi connectivity index (χ2v) is 5.41. The van der Waals surface area contributed by atoms with Gasteiger partial charge in [-0.1, -0.05) is 18.2 Å². The number of benzene rings is 1. The molecule has 0 saturated carbocycles. The van der Waals surface area contributed by atoms with Crippen LogP contribution in [0.4, 0.5) is 17.6 Å². The van der Waals surface area contributed by atoms with Crippen molar-refractivity contribution in [2.45, 2.75) is 17.6 Å². The van der Waals surface area contributed by atoms with Gasteiger partial charge in [0.1, 0.15) is 0 Å². The van der Waals surface area contributed by atoms with Gasteiger partial charge in [-0.05, 0) is 12.1 Å². The molecule has 1 N–H and O–H groups in total. The summed E-state index contributed by atoms with van der Waals surface area (Å²) in [4.78, 5) is 11.4. The molecule has 0 aliphatic rings. The minimum atomic E-state index is -6.29. The lowest BCUT2D eigenvalue weighted by Gasteiger charge is -2.23. The van der Waals surface area contributed by atoms with E-state index in [-0.39, 0.29) is 5.56 Å². The molecule has 118 valence electrons. The van der Waals surface area contributed by atoms with Crippen LogP contribution in [0.15, 0.2) is 30.3 Å². The number of rotatable bonds is 6. The molecule has 0 aromatic heterocycles. The third-order valence-electron chi connectivity index (χ3n) is 2.41. The molecule has 1 aromatic rings. The molecule has 0 amide bonds. The number of carbonyl (C=O) groups is 1. The Kier molecular flexibility index (Phi) is 4.95. The number of alkyl halides is 4. The summed E-state index contributed by atoms with van der Waals surface area (Å²) < 4.78 is 84.7. The van der Waals surface area contributed by atoms with Crippen molar-refractivity contribution in [3.8, 4) is 0 Å². The first-order valence-electron chi connectivity index (χ1n) is 5.44. The summed E-state index contributed by atoms with van der Waals surface area (Å²) in [6, 6.07) is 7.15. The van der Waals surface area contributed by atoms with Gasteiger partial charge >= 0.3 is 27.3 Å². The minimum Gasteiger partial charge on any atom is -0.462 e. The molecule has 5 nitrogen and oxygen atoms in total. The van der Waals surface area contributed by atoms with Crippen molar-refractivity contribution < 1.29 is 40.1 Å². The van der Waals surface area contributed by atoms with Crippen LogP contribution in [-0.2, 0) is 14.9 Å². The minimum absolute atomic E-state index is 0.0161. The first kappa shape index (κ1) is 17.4. The topological polar surface area (TPSA) is 80.7 Å². The molecule has 0 radical (unpaired) electrons. The van der Waals surface area contributed by atoms with Gasteiger partial charge in [0.05, 0.1) is 18.6 Å². The van der Waals surface area contributed by atoms with Crippen LogP contribution in [0.2, 0.25) is 0 Å². The van der Waals surface area contributed by atoms with Gasteiger partial charge < -0.3 is 4.74 Å². The number of halogens is 4. The number of hydrogen-bond donors (Lipinski definition) is 1. The van der Waals surface area contributed by atoms with Gasteiger partial charge in [-0.15, -0.1) is 0 Å². The molecule has 0 atom stereocenters. The highest BCUT2D eigenvalue weighted by molar-refractivity contribution is 7.87. The van der Waals surface area contributed by atoms with Crippen LogP contribution in [0.5, 0.6) is 0 Å². The number of esters is 1. The average molecular weight is 330 g/mol. The monoisotopic (exact) mass is 330 g/mol. The summed E-state index contributed by atoms with van der Waals surface area (Å²) in [7, 11) is -6.29. The van der Waals surface area contributed by atoms with Crippen LogP contribution in [0.25, 0.3) is 0 Å². The second kappa shape index (κ2) is 5.98. The Morgan fingerprint density at radius 3 is 2.14 bits per heavy atom. The highest BCUT2D eigenvalue weighted by atomic mass is 32.2. The van der Waals surface area contributed by atoms with Crippen molar-refractivity contribution in [1.29, 1.82) is 0 Å². The molecule has 1 aromatic carbocycles. The lowest BCUT2D eigenvalue weighted by molar-refractivity contribution is -0.168. The second-order valence-electron chi connectivity index (χ2n) is 3.95. The first-order valence-corrected chi connectivity index (χ1v) is 6.88. The summed E-state index contributed by atoms with van der Waals surface area (Å²) in [5.41, 5.74) is 0.0161. The molecule has 0 fully saturated rings. The standard InChI is InChI=1S/C11H10F4O5S/c12-10(13,11(14,15)21(17,18)19)6-7-20-9(16)8-4-2-1-3-5-8/h1-5H,6-7H2,(H,17,18,19). The van der Waals surface area contributed by atoms with Crippen LogP contribution in [0.1, 0.15) is 16.8 Å². The summed E-state index contributed by atoms with van der Waals surface area (Å²) >= 11 is 0. The molecule has 0 aliphatic carbocycles. The maximum absolute atomic E-state index is 13.1. The fourth-order valence-corrected chi connectivity index (χ4v) is 1.74. The fraction of sp³-hybridized carbons (Fsp3) is 0.364. The smallest absolute Gasteiger partial charge is 0.431 e. The first-order chi connectivity index (χ1) is 9.49. The van der Waals surface area contributed by atoms with Gasteiger partial charge in [0, 0.05) is 0 Å². The number of carbonyl (C=O) groups excluding carboxylic acids is 1. The van der Waals surface area contributed by atoms with E-state index in [1.807, 2.05) is 0 Å². The van der Waals surface area contributed by atoms with Crippen molar-refractivity contribution in [3.63, 3.8) is 0 Å². The van der Waals surface area contributed by atoms with E-state index in [1.54, 1.807) is 6.07 Å². The molecular weight excluding hydrogens is 320 g/mol. The Morgan fingerprint density at radius 1 is 1.14 bits per heavy atom. The van der Waals surface area contributed by atoms with E-state index in [0.29, 0.717) is 0 Å². The molecule has 0 spiro atoms. The quantitative estimate of drug-likeness (QED) is 0.492. The number of ether oxygens (including phenoxy) is 1. The van der Waals surface area contributed by atoms with E-state index in [0.717, 1.165) is 0 Å². The van der Waals surface area contributed by atoms with Crippen molar-refractivity contribution in [1.82, 2.24) is 0 Å². The summed E-state index contributed by atoms with van der Waals surface area (Å²) in [6.45, 7) is -1.15. The third-order valence-corrected chi connectivity index (χ3v) is 3.36. The Labute approximate surface area is 117 Å². The maximum Gasteiger partial charge on any atom is 0.431 e. The highest BCUT2D eigenvalue weighted by Gasteiger charge is 2.65. The molecule has 0 saturated heterocycles. The third kappa shape index (κ3) is 3.91. The predicted molar refractivity (Wildman–Crippen MR) is 62.8 cm³/mol. The molecule has 1 rings (SSSR count). The summed E-state index contributed by atoms with van der Waals surface area (Å²) in [5.74, 6) is -6.11. The molecule has 21 heavy (non-hydrogen) atoms. The Bertz CT molecular complexity index is 600. The zero-order chi connectivity index (χ0) is 16.3. The van der Waals surface area contributed by atoms with E-state index in [4.69, 9.17) is 4.55 Å². The summed E-state index contributed by atoms with van der Waals surface area (Å²) in [6.07, 6.45) is -1.77. The van der Waals surface area contributed by atoms with Gasteiger partial charge in [-0.3, -0.25) is 4.55 Å². The normalized spacial score (nSPS) is 13.0. The average Bonchev–Trinajstić information content (AvgIpc) is 2.38.